The van der Waals surface area contributed by atoms with Gasteiger partial charge in [0.2, 0.25) is 6.54 Å². The van der Waals surface area contributed by atoms with Crippen LogP contribution in [0.1, 0.15) is 23.7 Å². The second-order valence-corrected chi connectivity index (χ2v) is 6.02. The van der Waals surface area contributed by atoms with Crippen LogP contribution in [0.15, 0.2) is 36.5 Å². The standard InChI is InChI=1S/C17H18Cl2N2O/c1-3-13-5-4-12(2)21(10-13)11-17(22)20-9-14-6-7-15(18)8-16(14)19/h4-8,10H,3,9,11H2,1-2H3/p+1. The molecule has 0 saturated carbocycles. The Bertz CT molecular complexity index is 686. The molecule has 0 radical (unpaired) electrons. The van der Waals surface area contributed by atoms with E-state index in [1.54, 1.807) is 12.1 Å². The van der Waals surface area contributed by atoms with Crippen molar-refractivity contribution in [2.45, 2.75) is 33.4 Å². The van der Waals surface area contributed by atoms with Gasteiger partial charge in [-0.15, -0.1) is 0 Å². The summed E-state index contributed by atoms with van der Waals surface area (Å²) in [7, 11) is 0. The van der Waals surface area contributed by atoms with Crippen molar-refractivity contribution in [3.8, 4) is 0 Å². The Morgan fingerprint density at radius 2 is 2.00 bits per heavy atom. The summed E-state index contributed by atoms with van der Waals surface area (Å²) in [6.07, 6.45) is 2.96. The number of carbonyl (C=O) groups is 1. The fourth-order valence-corrected chi connectivity index (χ4v) is 2.59. The zero-order chi connectivity index (χ0) is 16.1. The molecule has 22 heavy (non-hydrogen) atoms. The lowest BCUT2D eigenvalue weighted by Crippen LogP contribution is -2.45. The molecule has 0 fully saturated rings. The van der Waals surface area contributed by atoms with Gasteiger partial charge in [0.15, 0.2) is 11.9 Å². The molecule has 0 aliphatic heterocycles. The molecular formula is C17H19Cl2N2O+. The van der Waals surface area contributed by atoms with Crippen molar-refractivity contribution in [2.75, 3.05) is 0 Å². The molecular weight excluding hydrogens is 319 g/mol. The number of halogens is 2. The molecule has 2 aromatic rings. The molecule has 0 unspecified atom stereocenters. The van der Waals surface area contributed by atoms with E-state index in [0.29, 0.717) is 23.1 Å². The summed E-state index contributed by atoms with van der Waals surface area (Å²) in [4.78, 5) is 12.1. The van der Waals surface area contributed by atoms with Gasteiger partial charge in [0.05, 0.1) is 0 Å². The lowest BCUT2D eigenvalue weighted by Gasteiger charge is -2.07. The van der Waals surface area contributed by atoms with Crippen LogP contribution in [0.25, 0.3) is 0 Å². The minimum absolute atomic E-state index is 0.0487. The Morgan fingerprint density at radius 3 is 2.68 bits per heavy atom. The average Bonchev–Trinajstić information content (AvgIpc) is 2.48. The lowest BCUT2D eigenvalue weighted by molar-refractivity contribution is -0.690. The predicted molar refractivity (Wildman–Crippen MR) is 89.1 cm³/mol. The number of hydrogen-bond donors (Lipinski definition) is 1. The first-order valence-electron chi connectivity index (χ1n) is 7.19. The highest BCUT2D eigenvalue weighted by Gasteiger charge is 2.13. The van der Waals surface area contributed by atoms with E-state index in [-0.39, 0.29) is 5.91 Å². The van der Waals surface area contributed by atoms with Crippen LogP contribution in [-0.4, -0.2) is 5.91 Å². The first kappa shape index (κ1) is 16.8. The molecule has 0 saturated heterocycles. The maximum absolute atomic E-state index is 12.1. The Balaban J connectivity index is 1.98. The molecule has 0 bridgehead atoms. The van der Waals surface area contributed by atoms with Gasteiger partial charge in [-0.25, -0.2) is 0 Å². The highest BCUT2D eigenvalue weighted by Crippen LogP contribution is 2.20. The number of aryl methyl sites for hydroxylation is 2. The molecule has 0 spiro atoms. The molecule has 1 aromatic heterocycles. The fraction of sp³-hybridized carbons (Fsp3) is 0.294. The number of rotatable bonds is 5. The van der Waals surface area contributed by atoms with Crippen LogP contribution in [0.3, 0.4) is 0 Å². The molecule has 1 amide bonds. The van der Waals surface area contributed by atoms with Gasteiger partial charge in [0, 0.05) is 35.1 Å². The summed E-state index contributed by atoms with van der Waals surface area (Å²) in [5, 5.41) is 4.03. The van der Waals surface area contributed by atoms with E-state index in [1.165, 1.54) is 5.56 Å². The third kappa shape index (κ3) is 4.46. The first-order valence-corrected chi connectivity index (χ1v) is 7.94. The van der Waals surface area contributed by atoms with Crippen LogP contribution in [0.2, 0.25) is 10.0 Å². The zero-order valence-corrected chi connectivity index (χ0v) is 14.2. The van der Waals surface area contributed by atoms with Gasteiger partial charge in [-0.1, -0.05) is 36.2 Å². The molecule has 3 nitrogen and oxygen atoms in total. The second kappa shape index (κ2) is 7.61. The summed E-state index contributed by atoms with van der Waals surface area (Å²) < 4.78 is 1.96. The van der Waals surface area contributed by atoms with Crippen molar-refractivity contribution in [2.24, 2.45) is 0 Å². The van der Waals surface area contributed by atoms with Crippen LogP contribution in [-0.2, 0) is 24.3 Å². The SMILES string of the molecule is CCc1ccc(C)[n+](CC(=O)NCc2ccc(Cl)cc2Cl)c1. The van der Waals surface area contributed by atoms with Crippen molar-refractivity contribution < 1.29 is 9.36 Å². The number of nitrogens with zero attached hydrogens (tertiary/aromatic N) is 1. The molecule has 0 aliphatic rings. The van der Waals surface area contributed by atoms with Gasteiger partial charge in [0.25, 0.3) is 5.91 Å². The maximum Gasteiger partial charge on any atom is 0.286 e. The molecule has 2 rings (SSSR count). The Kier molecular flexibility index (Phi) is 5.81. The number of pyridine rings is 1. The van der Waals surface area contributed by atoms with Gasteiger partial charge in [0.1, 0.15) is 0 Å². The number of benzene rings is 1. The van der Waals surface area contributed by atoms with Gasteiger partial charge in [-0.3, -0.25) is 4.79 Å². The highest BCUT2D eigenvalue weighted by atomic mass is 35.5. The molecule has 0 aliphatic carbocycles. The largest absolute Gasteiger partial charge is 0.346 e. The minimum atomic E-state index is -0.0487. The molecule has 116 valence electrons. The third-order valence-electron chi connectivity index (χ3n) is 3.53. The Hall–Kier alpha value is -1.58. The predicted octanol–water partition coefficient (Wildman–Crippen LogP) is 3.47. The van der Waals surface area contributed by atoms with E-state index < -0.39 is 0 Å². The van der Waals surface area contributed by atoms with E-state index in [1.807, 2.05) is 29.8 Å². The number of carbonyl (C=O) groups excluding carboxylic acids is 1. The summed E-state index contributed by atoms with van der Waals surface area (Å²) in [6, 6.07) is 9.37. The van der Waals surface area contributed by atoms with E-state index in [2.05, 4.69) is 18.3 Å². The summed E-state index contributed by atoms with van der Waals surface area (Å²) in [5.74, 6) is -0.0487. The van der Waals surface area contributed by atoms with Crippen LogP contribution in [0.5, 0.6) is 0 Å². The van der Waals surface area contributed by atoms with Crippen molar-refractivity contribution >= 4 is 29.1 Å². The summed E-state index contributed by atoms with van der Waals surface area (Å²) >= 11 is 12.0. The van der Waals surface area contributed by atoms with Gasteiger partial charge >= 0.3 is 0 Å². The van der Waals surface area contributed by atoms with Gasteiger partial charge in [-0.05, 0) is 30.2 Å². The van der Waals surface area contributed by atoms with Crippen LogP contribution in [0.4, 0.5) is 0 Å². The lowest BCUT2D eigenvalue weighted by atomic mass is 10.2. The number of nitrogens with one attached hydrogen (secondary N) is 1. The van der Waals surface area contributed by atoms with Crippen molar-refractivity contribution in [3.05, 3.63) is 63.4 Å². The van der Waals surface area contributed by atoms with Crippen LogP contribution in [0, 0.1) is 6.92 Å². The normalized spacial score (nSPS) is 10.5. The van der Waals surface area contributed by atoms with Crippen LogP contribution >= 0.6 is 23.2 Å². The molecule has 5 heteroatoms. The smallest absolute Gasteiger partial charge is 0.286 e. The molecule has 1 aromatic carbocycles. The Labute approximate surface area is 140 Å². The number of amides is 1. The topological polar surface area (TPSA) is 33.0 Å². The molecule has 0 atom stereocenters. The van der Waals surface area contributed by atoms with E-state index in [4.69, 9.17) is 23.2 Å². The second-order valence-electron chi connectivity index (χ2n) is 5.17. The minimum Gasteiger partial charge on any atom is -0.346 e. The third-order valence-corrected chi connectivity index (χ3v) is 4.11. The highest BCUT2D eigenvalue weighted by molar-refractivity contribution is 6.35. The molecule has 1 N–H and O–H groups in total. The van der Waals surface area contributed by atoms with Crippen LogP contribution < -0.4 is 9.88 Å². The summed E-state index contributed by atoms with van der Waals surface area (Å²) in [5.41, 5.74) is 3.11. The van der Waals surface area contributed by atoms with Crippen molar-refractivity contribution in [1.29, 1.82) is 0 Å². The van der Waals surface area contributed by atoms with E-state index in [9.17, 15) is 4.79 Å². The molecule has 1 heterocycles. The monoisotopic (exact) mass is 337 g/mol. The Morgan fingerprint density at radius 1 is 1.23 bits per heavy atom. The number of aromatic nitrogens is 1. The maximum atomic E-state index is 12.1. The van der Waals surface area contributed by atoms with Gasteiger partial charge in [-0.2, -0.15) is 4.57 Å². The van der Waals surface area contributed by atoms with Crippen molar-refractivity contribution in [3.63, 3.8) is 0 Å². The quantitative estimate of drug-likeness (QED) is 0.832. The fourth-order valence-electron chi connectivity index (χ4n) is 2.12. The number of hydrogen-bond acceptors (Lipinski definition) is 1. The van der Waals surface area contributed by atoms with E-state index in [0.717, 1.165) is 17.7 Å². The average molecular weight is 338 g/mol. The first-order chi connectivity index (χ1) is 10.5. The van der Waals surface area contributed by atoms with Gasteiger partial charge < -0.3 is 5.32 Å². The van der Waals surface area contributed by atoms with Crippen molar-refractivity contribution in [1.82, 2.24) is 5.32 Å². The summed E-state index contributed by atoms with van der Waals surface area (Å²) in [6.45, 7) is 4.77. The van der Waals surface area contributed by atoms with E-state index >= 15 is 0 Å². The zero-order valence-electron chi connectivity index (χ0n) is 12.7.